The van der Waals surface area contributed by atoms with Gasteiger partial charge in [0.25, 0.3) is 0 Å². The van der Waals surface area contributed by atoms with Crippen LogP contribution in [0, 0.1) is 5.92 Å². The molecule has 0 saturated carbocycles. The average Bonchev–Trinajstić information content (AvgIpc) is 3.18. The molecule has 1 saturated heterocycles. The van der Waals surface area contributed by atoms with Gasteiger partial charge in [0.05, 0.1) is 13.1 Å². The highest BCUT2D eigenvalue weighted by molar-refractivity contribution is 5.79. The number of aromatic nitrogens is 2. The van der Waals surface area contributed by atoms with Crippen LogP contribution in [0.25, 0.3) is 0 Å². The van der Waals surface area contributed by atoms with E-state index in [0.717, 1.165) is 31.4 Å². The van der Waals surface area contributed by atoms with Gasteiger partial charge in [0.2, 0.25) is 0 Å². The standard InChI is InChI=1S/C24H38N6/c1-4-25-24(28-17-23-26-12-15-30(23)18-20(2)3)27-16-21-8-10-22(11-9-21)19-29-13-6-5-7-14-29/h8-12,15,20H,4-7,13-14,16-19H2,1-3H3,(H2,25,27,28). The van der Waals surface area contributed by atoms with E-state index in [9.17, 15) is 0 Å². The maximum absolute atomic E-state index is 4.77. The second kappa shape index (κ2) is 11.7. The summed E-state index contributed by atoms with van der Waals surface area (Å²) in [6.07, 6.45) is 7.98. The third-order valence-electron chi connectivity index (χ3n) is 5.42. The number of likely N-dealkylation sites (tertiary alicyclic amines) is 1. The molecule has 1 aliphatic heterocycles. The summed E-state index contributed by atoms with van der Waals surface area (Å²) in [5.41, 5.74) is 2.63. The van der Waals surface area contributed by atoms with E-state index in [4.69, 9.17) is 4.99 Å². The summed E-state index contributed by atoms with van der Waals surface area (Å²) in [7, 11) is 0. The van der Waals surface area contributed by atoms with Gasteiger partial charge in [-0.1, -0.05) is 44.5 Å². The van der Waals surface area contributed by atoms with Crippen LogP contribution < -0.4 is 10.6 Å². The molecule has 0 radical (unpaired) electrons. The monoisotopic (exact) mass is 410 g/mol. The van der Waals surface area contributed by atoms with Crippen LogP contribution in [0.2, 0.25) is 0 Å². The van der Waals surface area contributed by atoms with Gasteiger partial charge in [-0.3, -0.25) is 4.90 Å². The van der Waals surface area contributed by atoms with E-state index in [1.165, 1.54) is 43.5 Å². The van der Waals surface area contributed by atoms with E-state index >= 15 is 0 Å². The highest BCUT2D eigenvalue weighted by Crippen LogP contribution is 2.14. The largest absolute Gasteiger partial charge is 0.357 e. The predicted molar refractivity (Wildman–Crippen MR) is 124 cm³/mol. The van der Waals surface area contributed by atoms with Crippen LogP contribution in [0.1, 0.15) is 57.0 Å². The predicted octanol–water partition coefficient (Wildman–Crippen LogP) is 3.78. The van der Waals surface area contributed by atoms with E-state index in [2.05, 4.69) is 70.1 Å². The van der Waals surface area contributed by atoms with Crippen LogP contribution in [0.5, 0.6) is 0 Å². The third-order valence-corrected chi connectivity index (χ3v) is 5.42. The number of piperidine rings is 1. The first-order valence-electron chi connectivity index (χ1n) is 11.5. The van der Waals surface area contributed by atoms with Crippen LogP contribution in [-0.2, 0) is 26.2 Å². The average molecular weight is 411 g/mol. The Morgan fingerprint density at radius 1 is 1.07 bits per heavy atom. The minimum atomic E-state index is 0.595. The van der Waals surface area contributed by atoms with Crippen molar-refractivity contribution in [3.05, 3.63) is 53.6 Å². The normalized spacial score (nSPS) is 15.5. The van der Waals surface area contributed by atoms with Crippen molar-refractivity contribution in [1.82, 2.24) is 25.1 Å². The van der Waals surface area contributed by atoms with Gasteiger partial charge >= 0.3 is 0 Å². The zero-order chi connectivity index (χ0) is 21.2. The van der Waals surface area contributed by atoms with Crippen LogP contribution in [0.3, 0.4) is 0 Å². The molecule has 2 heterocycles. The van der Waals surface area contributed by atoms with E-state index < -0.39 is 0 Å². The summed E-state index contributed by atoms with van der Waals surface area (Å²) < 4.78 is 2.21. The SMILES string of the molecule is CCNC(=NCc1ccc(CN2CCCCC2)cc1)NCc1nccn1CC(C)C. The summed E-state index contributed by atoms with van der Waals surface area (Å²) in [5, 5.41) is 6.76. The molecule has 2 aromatic rings. The third kappa shape index (κ3) is 7.17. The number of imidazole rings is 1. The molecule has 0 bridgehead atoms. The second-order valence-corrected chi connectivity index (χ2v) is 8.59. The van der Waals surface area contributed by atoms with Gasteiger partial charge in [-0.15, -0.1) is 0 Å². The lowest BCUT2D eigenvalue weighted by Crippen LogP contribution is -2.37. The van der Waals surface area contributed by atoms with E-state index in [1.807, 2.05) is 12.4 Å². The molecule has 1 fully saturated rings. The van der Waals surface area contributed by atoms with Crippen molar-refractivity contribution in [3.63, 3.8) is 0 Å². The smallest absolute Gasteiger partial charge is 0.191 e. The molecule has 0 spiro atoms. The topological polar surface area (TPSA) is 57.5 Å². The summed E-state index contributed by atoms with van der Waals surface area (Å²) in [4.78, 5) is 11.8. The van der Waals surface area contributed by atoms with Crippen molar-refractivity contribution >= 4 is 5.96 Å². The molecule has 6 nitrogen and oxygen atoms in total. The number of rotatable bonds is 9. The Bertz CT molecular complexity index is 771. The van der Waals surface area contributed by atoms with Crippen LogP contribution >= 0.6 is 0 Å². The van der Waals surface area contributed by atoms with Crippen molar-refractivity contribution in [2.45, 2.75) is 66.2 Å². The molecule has 2 N–H and O–H groups in total. The minimum absolute atomic E-state index is 0.595. The van der Waals surface area contributed by atoms with Gasteiger partial charge in [0, 0.05) is 32.0 Å². The number of guanidine groups is 1. The molecular weight excluding hydrogens is 372 g/mol. The molecule has 0 atom stereocenters. The summed E-state index contributed by atoms with van der Waals surface area (Å²) in [6.45, 7) is 13.2. The second-order valence-electron chi connectivity index (χ2n) is 8.59. The molecule has 6 heteroatoms. The summed E-state index contributed by atoms with van der Waals surface area (Å²) >= 11 is 0. The van der Waals surface area contributed by atoms with Gasteiger partial charge in [0.15, 0.2) is 5.96 Å². The van der Waals surface area contributed by atoms with Gasteiger partial charge in [0.1, 0.15) is 5.82 Å². The van der Waals surface area contributed by atoms with Crippen molar-refractivity contribution < 1.29 is 0 Å². The number of aliphatic imine (C=N–C) groups is 1. The first kappa shape index (κ1) is 22.3. The van der Waals surface area contributed by atoms with Crippen molar-refractivity contribution in [2.24, 2.45) is 10.9 Å². The molecule has 0 amide bonds. The van der Waals surface area contributed by atoms with E-state index in [1.54, 1.807) is 0 Å². The Kier molecular flexibility index (Phi) is 8.75. The van der Waals surface area contributed by atoms with Gasteiger partial charge in [-0.05, 0) is 49.9 Å². The minimum Gasteiger partial charge on any atom is -0.357 e. The molecule has 3 rings (SSSR count). The Hall–Kier alpha value is -2.34. The summed E-state index contributed by atoms with van der Waals surface area (Å²) in [5.74, 6) is 2.46. The van der Waals surface area contributed by atoms with Crippen LogP contribution in [0.4, 0.5) is 0 Å². The molecule has 0 unspecified atom stereocenters. The Balaban J connectivity index is 1.53. The first-order chi connectivity index (χ1) is 14.6. The quantitative estimate of drug-likeness (QED) is 0.488. The molecule has 1 aromatic heterocycles. The zero-order valence-electron chi connectivity index (χ0n) is 18.9. The maximum Gasteiger partial charge on any atom is 0.191 e. The van der Waals surface area contributed by atoms with Crippen LogP contribution in [0.15, 0.2) is 41.7 Å². The Morgan fingerprint density at radius 2 is 1.80 bits per heavy atom. The van der Waals surface area contributed by atoms with Crippen LogP contribution in [-0.4, -0.2) is 40.0 Å². The fourth-order valence-electron chi connectivity index (χ4n) is 3.87. The molecule has 1 aromatic carbocycles. The molecule has 164 valence electrons. The van der Waals surface area contributed by atoms with E-state index in [0.29, 0.717) is 19.0 Å². The zero-order valence-corrected chi connectivity index (χ0v) is 18.9. The number of nitrogens with one attached hydrogen (secondary N) is 2. The number of nitrogens with zero attached hydrogens (tertiary/aromatic N) is 4. The van der Waals surface area contributed by atoms with Crippen molar-refractivity contribution in [2.75, 3.05) is 19.6 Å². The Morgan fingerprint density at radius 3 is 2.50 bits per heavy atom. The fraction of sp³-hybridized carbons (Fsp3) is 0.583. The number of benzene rings is 1. The molecular formula is C24H38N6. The maximum atomic E-state index is 4.77. The van der Waals surface area contributed by atoms with Crippen molar-refractivity contribution in [1.29, 1.82) is 0 Å². The van der Waals surface area contributed by atoms with Gasteiger partial charge in [-0.25, -0.2) is 9.98 Å². The van der Waals surface area contributed by atoms with Crippen molar-refractivity contribution in [3.8, 4) is 0 Å². The summed E-state index contributed by atoms with van der Waals surface area (Å²) in [6, 6.07) is 8.93. The lowest BCUT2D eigenvalue weighted by atomic mass is 10.1. The molecule has 1 aliphatic rings. The van der Waals surface area contributed by atoms with Gasteiger partial charge in [-0.2, -0.15) is 0 Å². The fourth-order valence-corrected chi connectivity index (χ4v) is 3.87. The number of hydrogen-bond acceptors (Lipinski definition) is 3. The van der Waals surface area contributed by atoms with Gasteiger partial charge < -0.3 is 15.2 Å². The highest BCUT2D eigenvalue weighted by Gasteiger charge is 2.10. The lowest BCUT2D eigenvalue weighted by Gasteiger charge is -2.26. The lowest BCUT2D eigenvalue weighted by molar-refractivity contribution is 0.221. The molecule has 30 heavy (non-hydrogen) atoms. The number of hydrogen-bond donors (Lipinski definition) is 2. The molecule has 0 aliphatic carbocycles. The van der Waals surface area contributed by atoms with E-state index in [-0.39, 0.29) is 0 Å². The highest BCUT2D eigenvalue weighted by atomic mass is 15.2. The first-order valence-corrected chi connectivity index (χ1v) is 11.5. The Labute approximate surface area is 181 Å².